The van der Waals surface area contributed by atoms with Gasteiger partial charge in [0.2, 0.25) is 0 Å². The highest BCUT2D eigenvalue weighted by molar-refractivity contribution is 7.22. The van der Waals surface area contributed by atoms with E-state index in [9.17, 15) is 22.8 Å². The smallest absolute Gasteiger partial charge is 0.338 e. The average molecular weight is 394 g/mol. The first kappa shape index (κ1) is 18.8. The molecule has 1 amide bonds. The molecule has 5 nitrogen and oxygen atoms in total. The van der Waals surface area contributed by atoms with E-state index in [0.29, 0.717) is 5.56 Å². The second kappa shape index (κ2) is 7.36. The van der Waals surface area contributed by atoms with E-state index >= 15 is 0 Å². The normalized spacial score (nSPS) is 10.9. The summed E-state index contributed by atoms with van der Waals surface area (Å²) in [6.45, 7) is 3.15. The van der Waals surface area contributed by atoms with Crippen LogP contribution in [0.4, 0.5) is 18.3 Å². The summed E-state index contributed by atoms with van der Waals surface area (Å²) in [6, 6.07) is 5.79. The Morgan fingerprint density at radius 1 is 1.11 bits per heavy atom. The van der Waals surface area contributed by atoms with Gasteiger partial charge in [0.05, 0.1) is 10.3 Å². The molecular weight excluding hydrogens is 381 g/mol. The fourth-order valence-electron chi connectivity index (χ4n) is 2.27. The van der Waals surface area contributed by atoms with Crippen LogP contribution < -0.4 is 5.32 Å². The summed E-state index contributed by atoms with van der Waals surface area (Å²) < 4.78 is 45.1. The van der Waals surface area contributed by atoms with Gasteiger partial charge in [0.15, 0.2) is 29.2 Å². The molecule has 1 aromatic heterocycles. The Morgan fingerprint density at radius 2 is 1.85 bits per heavy atom. The van der Waals surface area contributed by atoms with Gasteiger partial charge >= 0.3 is 5.97 Å². The van der Waals surface area contributed by atoms with E-state index < -0.39 is 35.9 Å². The maximum atomic E-state index is 13.7. The molecule has 0 fully saturated rings. The van der Waals surface area contributed by atoms with Crippen molar-refractivity contribution in [2.45, 2.75) is 13.8 Å². The van der Waals surface area contributed by atoms with Crippen LogP contribution in [0.5, 0.6) is 0 Å². The Bertz CT molecular complexity index is 1070. The Kier molecular flexibility index (Phi) is 5.13. The number of carbonyl (C=O) groups is 2. The number of carbonyl (C=O) groups excluding carboxylic acids is 2. The van der Waals surface area contributed by atoms with Gasteiger partial charge in [-0.2, -0.15) is 0 Å². The molecule has 3 rings (SSSR count). The number of ether oxygens (including phenoxy) is 1. The minimum absolute atomic E-state index is 0.0359. The van der Waals surface area contributed by atoms with Gasteiger partial charge in [-0.25, -0.2) is 22.9 Å². The van der Waals surface area contributed by atoms with Crippen molar-refractivity contribution >= 4 is 38.6 Å². The molecule has 0 unspecified atom stereocenters. The summed E-state index contributed by atoms with van der Waals surface area (Å²) in [5.74, 6) is -5.79. The van der Waals surface area contributed by atoms with Crippen molar-refractivity contribution in [2.24, 2.45) is 0 Å². The van der Waals surface area contributed by atoms with Crippen LogP contribution in [0, 0.1) is 31.3 Å². The summed E-state index contributed by atoms with van der Waals surface area (Å²) in [6.07, 6.45) is 0. The van der Waals surface area contributed by atoms with Crippen molar-refractivity contribution in [3.63, 3.8) is 0 Å². The van der Waals surface area contributed by atoms with E-state index in [1.165, 1.54) is 0 Å². The number of amides is 1. The summed E-state index contributed by atoms with van der Waals surface area (Å²) in [5.41, 5.74) is 1.84. The van der Waals surface area contributed by atoms with E-state index in [-0.39, 0.29) is 15.3 Å². The molecule has 27 heavy (non-hydrogen) atoms. The molecule has 0 spiro atoms. The van der Waals surface area contributed by atoms with Crippen LogP contribution in [0.1, 0.15) is 21.5 Å². The second-order valence-electron chi connectivity index (χ2n) is 5.78. The molecule has 0 saturated heterocycles. The Labute approximate surface area is 155 Å². The molecule has 9 heteroatoms. The minimum Gasteiger partial charge on any atom is -0.452 e. The van der Waals surface area contributed by atoms with Crippen molar-refractivity contribution in [1.29, 1.82) is 0 Å². The molecule has 0 aliphatic heterocycles. The number of hydrogen-bond donors (Lipinski definition) is 1. The van der Waals surface area contributed by atoms with E-state index in [4.69, 9.17) is 4.74 Å². The molecule has 0 saturated carbocycles. The standard InChI is InChI=1S/C18H13F3N2O3S/c1-8-3-4-10(5-9(8)2)17(25)26-7-13(24)22-18-23-16-12(27-18)6-11(19)14(20)15(16)21/h3-6H,7H2,1-2H3,(H,22,23,24). The van der Waals surface area contributed by atoms with E-state index in [1.807, 2.05) is 13.8 Å². The second-order valence-corrected chi connectivity index (χ2v) is 6.81. The van der Waals surface area contributed by atoms with Crippen LogP contribution in [-0.2, 0) is 9.53 Å². The third-order valence-corrected chi connectivity index (χ3v) is 4.76. The predicted molar refractivity (Wildman–Crippen MR) is 94.3 cm³/mol. The van der Waals surface area contributed by atoms with Crippen molar-refractivity contribution in [1.82, 2.24) is 4.98 Å². The van der Waals surface area contributed by atoms with Crippen molar-refractivity contribution < 1.29 is 27.5 Å². The maximum Gasteiger partial charge on any atom is 0.338 e. The summed E-state index contributed by atoms with van der Waals surface area (Å²) in [4.78, 5) is 27.6. The molecule has 1 N–H and O–H groups in total. The molecular formula is C18H13F3N2O3S. The number of aromatic nitrogens is 1. The number of thiazole rings is 1. The Hall–Kier alpha value is -2.94. The van der Waals surface area contributed by atoms with Crippen molar-refractivity contribution in [3.8, 4) is 0 Å². The van der Waals surface area contributed by atoms with Gasteiger partial charge in [-0.05, 0) is 43.2 Å². The van der Waals surface area contributed by atoms with Gasteiger partial charge < -0.3 is 4.74 Å². The summed E-state index contributed by atoms with van der Waals surface area (Å²) in [7, 11) is 0. The lowest BCUT2D eigenvalue weighted by Gasteiger charge is -2.06. The van der Waals surface area contributed by atoms with Gasteiger partial charge in [-0.3, -0.25) is 10.1 Å². The topological polar surface area (TPSA) is 68.3 Å². The largest absolute Gasteiger partial charge is 0.452 e. The lowest BCUT2D eigenvalue weighted by atomic mass is 10.1. The number of nitrogens with one attached hydrogen (secondary N) is 1. The zero-order valence-electron chi connectivity index (χ0n) is 14.2. The number of benzene rings is 2. The van der Waals surface area contributed by atoms with Gasteiger partial charge in [0.25, 0.3) is 5.91 Å². The highest BCUT2D eigenvalue weighted by Gasteiger charge is 2.19. The SMILES string of the molecule is Cc1ccc(C(=O)OCC(=O)Nc2nc3c(F)c(F)c(F)cc3s2)cc1C. The summed E-state index contributed by atoms with van der Waals surface area (Å²) >= 11 is 0.767. The fraction of sp³-hybridized carbons (Fsp3) is 0.167. The number of fused-ring (bicyclic) bond motifs is 1. The van der Waals surface area contributed by atoms with Gasteiger partial charge in [0, 0.05) is 0 Å². The lowest BCUT2D eigenvalue weighted by molar-refractivity contribution is -0.119. The van der Waals surface area contributed by atoms with Gasteiger partial charge in [0.1, 0.15) is 5.52 Å². The monoisotopic (exact) mass is 394 g/mol. The van der Waals surface area contributed by atoms with E-state index in [1.54, 1.807) is 18.2 Å². The zero-order chi connectivity index (χ0) is 19.7. The average Bonchev–Trinajstić information content (AvgIpc) is 3.02. The van der Waals surface area contributed by atoms with Crippen molar-refractivity contribution in [3.05, 3.63) is 58.4 Å². The lowest BCUT2D eigenvalue weighted by Crippen LogP contribution is -2.20. The molecule has 0 bridgehead atoms. The van der Waals surface area contributed by atoms with Crippen LogP contribution in [0.3, 0.4) is 0 Å². The molecule has 140 valence electrons. The van der Waals surface area contributed by atoms with Crippen LogP contribution in [0.2, 0.25) is 0 Å². The van der Waals surface area contributed by atoms with E-state index in [0.717, 1.165) is 28.5 Å². The maximum absolute atomic E-state index is 13.7. The number of halogens is 3. The van der Waals surface area contributed by atoms with E-state index in [2.05, 4.69) is 10.3 Å². The molecule has 0 radical (unpaired) electrons. The van der Waals surface area contributed by atoms with Gasteiger partial charge in [-0.1, -0.05) is 17.4 Å². The number of nitrogens with zero attached hydrogens (tertiary/aromatic N) is 1. The molecule has 1 heterocycles. The number of aryl methyl sites for hydroxylation is 2. The van der Waals surface area contributed by atoms with Crippen LogP contribution in [0.15, 0.2) is 24.3 Å². The first-order valence-corrected chi connectivity index (χ1v) is 8.56. The quantitative estimate of drug-likeness (QED) is 0.534. The Morgan fingerprint density at radius 3 is 2.56 bits per heavy atom. The minimum atomic E-state index is -1.63. The zero-order valence-corrected chi connectivity index (χ0v) is 15.0. The molecule has 3 aromatic rings. The molecule has 0 aliphatic rings. The highest BCUT2D eigenvalue weighted by atomic mass is 32.1. The van der Waals surface area contributed by atoms with Crippen LogP contribution in [-0.4, -0.2) is 23.5 Å². The Balaban J connectivity index is 1.65. The van der Waals surface area contributed by atoms with Crippen LogP contribution in [0.25, 0.3) is 10.2 Å². The van der Waals surface area contributed by atoms with Gasteiger partial charge in [-0.15, -0.1) is 0 Å². The predicted octanol–water partition coefficient (Wildman–Crippen LogP) is 4.13. The van der Waals surface area contributed by atoms with Crippen LogP contribution >= 0.6 is 11.3 Å². The molecule has 0 aliphatic carbocycles. The molecule has 2 aromatic carbocycles. The third-order valence-electron chi connectivity index (χ3n) is 3.84. The first-order chi connectivity index (χ1) is 12.8. The summed E-state index contributed by atoms with van der Waals surface area (Å²) in [5, 5.41) is 2.24. The number of anilines is 1. The fourth-order valence-corrected chi connectivity index (χ4v) is 3.17. The number of rotatable bonds is 4. The number of esters is 1. The molecule has 0 atom stereocenters. The third kappa shape index (κ3) is 3.92. The highest BCUT2D eigenvalue weighted by Crippen LogP contribution is 2.30. The van der Waals surface area contributed by atoms with Crippen molar-refractivity contribution in [2.75, 3.05) is 11.9 Å². The first-order valence-electron chi connectivity index (χ1n) is 7.74. The number of hydrogen-bond acceptors (Lipinski definition) is 5.